The molecule has 0 aliphatic carbocycles. The average Bonchev–Trinajstić information content (AvgIpc) is 2.99. The van der Waals surface area contributed by atoms with Gasteiger partial charge in [0.1, 0.15) is 22.1 Å². The SMILES string of the molecule is COc1ccccc1NC(=O)c1c(C)nc(SC(C(N)=O)c2ccccc2)c(C#N)c1-c1ccc(OC)c(OC)c1. The molecule has 0 aliphatic rings. The Morgan fingerprint density at radius 2 is 1.59 bits per heavy atom. The van der Waals surface area contributed by atoms with Gasteiger partial charge in [0, 0.05) is 5.56 Å². The van der Waals surface area contributed by atoms with E-state index in [4.69, 9.17) is 19.9 Å². The summed E-state index contributed by atoms with van der Waals surface area (Å²) >= 11 is 1.06. The smallest absolute Gasteiger partial charge is 0.258 e. The number of hydrogen-bond acceptors (Lipinski definition) is 8. The Balaban J connectivity index is 1.94. The Bertz CT molecular complexity index is 1640. The highest BCUT2D eigenvalue weighted by Gasteiger charge is 2.29. The number of thioether (sulfide) groups is 1. The van der Waals surface area contributed by atoms with E-state index in [1.165, 1.54) is 21.3 Å². The van der Waals surface area contributed by atoms with Crippen molar-refractivity contribution in [1.82, 2.24) is 4.98 Å². The zero-order chi connectivity index (χ0) is 29.5. The summed E-state index contributed by atoms with van der Waals surface area (Å²) in [6.07, 6.45) is 0. The van der Waals surface area contributed by atoms with Crippen LogP contribution in [0.5, 0.6) is 17.2 Å². The molecule has 3 N–H and O–H groups in total. The average molecular weight is 569 g/mol. The first kappa shape index (κ1) is 29.0. The lowest BCUT2D eigenvalue weighted by Gasteiger charge is -2.20. The molecule has 4 aromatic rings. The molecular weight excluding hydrogens is 540 g/mol. The van der Waals surface area contributed by atoms with Gasteiger partial charge >= 0.3 is 0 Å². The molecule has 0 aliphatic heterocycles. The van der Waals surface area contributed by atoms with E-state index in [2.05, 4.69) is 16.4 Å². The number of rotatable bonds is 10. The van der Waals surface area contributed by atoms with Crippen LogP contribution in [0.15, 0.2) is 77.8 Å². The molecule has 1 unspecified atom stereocenters. The molecule has 41 heavy (non-hydrogen) atoms. The Hall–Kier alpha value is -5.01. The van der Waals surface area contributed by atoms with Crippen LogP contribution >= 0.6 is 11.8 Å². The van der Waals surface area contributed by atoms with Crippen molar-refractivity contribution in [2.24, 2.45) is 5.73 Å². The van der Waals surface area contributed by atoms with Crippen molar-refractivity contribution in [3.8, 4) is 34.4 Å². The molecule has 1 heterocycles. The number of nitrogens with two attached hydrogens (primary N) is 1. The second-order valence-corrected chi connectivity index (χ2v) is 9.87. The van der Waals surface area contributed by atoms with Crippen LogP contribution in [0.3, 0.4) is 0 Å². The van der Waals surface area contributed by atoms with Crippen molar-refractivity contribution in [1.29, 1.82) is 5.26 Å². The van der Waals surface area contributed by atoms with E-state index in [1.54, 1.807) is 73.7 Å². The van der Waals surface area contributed by atoms with Gasteiger partial charge in [-0.25, -0.2) is 4.98 Å². The number of para-hydroxylation sites is 2. The fourth-order valence-corrected chi connectivity index (χ4v) is 5.47. The van der Waals surface area contributed by atoms with Gasteiger partial charge in [0.05, 0.1) is 43.8 Å². The Morgan fingerprint density at radius 1 is 0.927 bits per heavy atom. The van der Waals surface area contributed by atoms with Gasteiger partial charge in [-0.2, -0.15) is 5.26 Å². The van der Waals surface area contributed by atoms with Crippen LogP contribution in [0.25, 0.3) is 11.1 Å². The molecule has 1 atom stereocenters. The number of nitrogens with zero attached hydrogens (tertiary/aromatic N) is 2. The van der Waals surface area contributed by atoms with E-state index in [-0.39, 0.29) is 16.2 Å². The van der Waals surface area contributed by atoms with Gasteiger partial charge < -0.3 is 25.3 Å². The highest BCUT2D eigenvalue weighted by atomic mass is 32.2. The van der Waals surface area contributed by atoms with Crippen LogP contribution in [0, 0.1) is 18.3 Å². The molecule has 4 rings (SSSR count). The predicted octanol–water partition coefficient (Wildman–Crippen LogP) is 5.53. The highest BCUT2D eigenvalue weighted by molar-refractivity contribution is 8.00. The summed E-state index contributed by atoms with van der Waals surface area (Å²) in [7, 11) is 4.52. The number of nitriles is 1. The van der Waals surface area contributed by atoms with Crippen LogP contribution in [-0.2, 0) is 4.79 Å². The van der Waals surface area contributed by atoms with E-state index in [9.17, 15) is 14.9 Å². The molecule has 9 nitrogen and oxygen atoms in total. The van der Waals surface area contributed by atoms with Crippen LogP contribution in [0.4, 0.5) is 5.69 Å². The highest BCUT2D eigenvalue weighted by Crippen LogP contribution is 2.42. The minimum Gasteiger partial charge on any atom is -0.495 e. The zero-order valence-electron chi connectivity index (χ0n) is 22.9. The minimum atomic E-state index is -0.818. The number of methoxy groups -OCH3 is 3. The molecule has 1 aromatic heterocycles. The third kappa shape index (κ3) is 6.10. The maximum atomic E-state index is 13.9. The first-order valence-electron chi connectivity index (χ1n) is 12.4. The summed E-state index contributed by atoms with van der Waals surface area (Å²) in [5.41, 5.74) is 8.38. The lowest BCUT2D eigenvalue weighted by Crippen LogP contribution is -2.20. The van der Waals surface area contributed by atoms with Crippen LogP contribution in [0.2, 0.25) is 0 Å². The van der Waals surface area contributed by atoms with Gasteiger partial charge in [0.15, 0.2) is 11.5 Å². The molecule has 10 heteroatoms. The number of primary amides is 1. The Labute approximate surface area is 242 Å². The zero-order valence-corrected chi connectivity index (χ0v) is 23.7. The molecule has 0 spiro atoms. The Morgan fingerprint density at radius 3 is 2.22 bits per heavy atom. The van der Waals surface area contributed by atoms with Gasteiger partial charge in [0.2, 0.25) is 5.91 Å². The summed E-state index contributed by atoms with van der Waals surface area (Å²) in [6.45, 7) is 1.67. The number of carbonyl (C=O) groups excluding carboxylic acids is 2. The molecule has 2 amide bonds. The number of amides is 2. The number of anilines is 1. The number of nitrogens with one attached hydrogen (secondary N) is 1. The van der Waals surface area contributed by atoms with E-state index >= 15 is 0 Å². The molecule has 0 saturated heterocycles. The standard InChI is InChI=1S/C31H28N4O5S/c1-18-26(30(37)35-22-12-8-9-13-23(22)38-2)27(20-14-15-24(39-3)25(16-20)40-4)21(17-32)31(34-18)41-28(29(33)36)19-10-6-5-7-11-19/h5-16,28H,1-4H3,(H2,33,36)(H,35,37). The van der Waals surface area contributed by atoms with Gasteiger partial charge in [-0.1, -0.05) is 60.3 Å². The first-order valence-corrected chi connectivity index (χ1v) is 13.3. The first-order chi connectivity index (χ1) is 19.8. The third-order valence-corrected chi connectivity index (χ3v) is 7.56. The summed E-state index contributed by atoms with van der Waals surface area (Å²) in [4.78, 5) is 31.0. The van der Waals surface area contributed by atoms with Crippen molar-refractivity contribution in [3.63, 3.8) is 0 Å². The molecule has 0 bridgehead atoms. The molecule has 0 fully saturated rings. The van der Waals surface area contributed by atoms with Gasteiger partial charge in [-0.3, -0.25) is 9.59 Å². The molecule has 0 radical (unpaired) electrons. The molecule has 208 valence electrons. The van der Waals surface area contributed by atoms with E-state index < -0.39 is 17.1 Å². The van der Waals surface area contributed by atoms with E-state index in [0.717, 1.165) is 11.8 Å². The van der Waals surface area contributed by atoms with Crippen molar-refractivity contribution in [3.05, 3.63) is 95.2 Å². The summed E-state index contributed by atoms with van der Waals surface area (Å²) in [6, 6.07) is 23.3. The van der Waals surface area contributed by atoms with E-state index in [1.807, 2.05) is 6.07 Å². The molecular formula is C31H28N4O5S. The molecule has 3 aromatic carbocycles. The normalized spacial score (nSPS) is 11.2. The lowest BCUT2D eigenvalue weighted by atomic mass is 9.94. The van der Waals surface area contributed by atoms with Crippen LogP contribution < -0.4 is 25.3 Å². The van der Waals surface area contributed by atoms with E-state index in [0.29, 0.717) is 45.3 Å². The second-order valence-electron chi connectivity index (χ2n) is 8.77. The summed E-state index contributed by atoms with van der Waals surface area (Å²) in [5, 5.41) is 12.8. The largest absolute Gasteiger partial charge is 0.495 e. The van der Waals surface area contributed by atoms with Gasteiger partial charge in [-0.15, -0.1) is 0 Å². The predicted molar refractivity (Wildman–Crippen MR) is 157 cm³/mol. The number of carbonyl (C=O) groups is 2. The van der Waals surface area contributed by atoms with Crippen molar-refractivity contribution >= 4 is 29.3 Å². The fourth-order valence-electron chi connectivity index (χ4n) is 4.39. The fraction of sp³-hybridized carbons (Fsp3) is 0.161. The number of ether oxygens (including phenoxy) is 3. The van der Waals surface area contributed by atoms with Crippen molar-refractivity contribution in [2.45, 2.75) is 17.2 Å². The minimum absolute atomic E-state index is 0.111. The van der Waals surface area contributed by atoms with Crippen molar-refractivity contribution in [2.75, 3.05) is 26.6 Å². The van der Waals surface area contributed by atoms with Gasteiger partial charge in [-0.05, 0) is 42.3 Å². The van der Waals surface area contributed by atoms with Crippen LogP contribution in [-0.4, -0.2) is 38.1 Å². The monoisotopic (exact) mass is 568 g/mol. The number of benzene rings is 3. The second kappa shape index (κ2) is 12.9. The quantitative estimate of drug-likeness (QED) is 0.239. The van der Waals surface area contributed by atoms with Crippen LogP contribution in [0.1, 0.15) is 32.4 Å². The third-order valence-electron chi connectivity index (χ3n) is 6.30. The lowest BCUT2D eigenvalue weighted by molar-refractivity contribution is -0.117. The number of aryl methyl sites for hydroxylation is 1. The number of pyridine rings is 1. The maximum absolute atomic E-state index is 13.9. The topological polar surface area (TPSA) is 137 Å². The summed E-state index contributed by atoms with van der Waals surface area (Å²) in [5.74, 6) is 0.280. The summed E-state index contributed by atoms with van der Waals surface area (Å²) < 4.78 is 16.3. The van der Waals surface area contributed by atoms with Gasteiger partial charge in [0.25, 0.3) is 5.91 Å². The number of hydrogen-bond donors (Lipinski definition) is 2. The maximum Gasteiger partial charge on any atom is 0.258 e. The number of aromatic nitrogens is 1. The van der Waals surface area contributed by atoms with Crippen molar-refractivity contribution < 1.29 is 23.8 Å². The Kier molecular flexibility index (Phi) is 9.12. The molecule has 0 saturated carbocycles.